The Morgan fingerprint density at radius 1 is 0.643 bits per heavy atom. The first-order valence-electron chi connectivity index (χ1n) is 12.9. The molecule has 11 N–H and O–H groups in total. The number of fused-ring (bicyclic) bond motifs is 1. The Labute approximate surface area is 235 Å². The van der Waals surface area contributed by atoms with Crippen molar-refractivity contribution in [1.29, 1.82) is 0 Å². The number of rotatable bonds is 5. The summed E-state index contributed by atoms with van der Waals surface area (Å²) >= 11 is 0. The van der Waals surface area contributed by atoms with E-state index in [1.54, 1.807) is 0 Å². The minimum absolute atomic E-state index is 0.0941. The molecule has 15 nitrogen and oxygen atoms in total. The average Bonchev–Trinajstić information content (AvgIpc) is 2.97. The van der Waals surface area contributed by atoms with Gasteiger partial charge >= 0.3 is 0 Å². The number of aromatic hydroxyl groups is 3. The van der Waals surface area contributed by atoms with Crippen LogP contribution in [0.2, 0.25) is 0 Å². The Bertz CT molecular complexity index is 1500. The monoisotopic (exact) mass is 594 g/mol. The molecule has 0 bridgehead atoms. The number of benzene rings is 2. The van der Waals surface area contributed by atoms with E-state index in [1.165, 1.54) is 24.3 Å². The quantitative estimate of drug-likeness (QED) is 0.147. The highest BCUT2D eigenvalue weighted by Gasteiger charge is 2.50. The average molecular weight is 595 g/mol. The molecule has 0 saturated carbocycles. The molecule has 0 amide bonds. The smallest absolute Gasteiger partial charge is 0.197 e. The molecule has 2 saturated heterocycles. The summed E-state index contributed by atoms with van der Waals surface area (Å²) in [6.07, 6.45) is -18.2. The first-order chi connectivity index (χ1) is 19.9. The predicted molar refractivity (Wildman–Crippen MR) is 138 cm³/mol. The maximum Gasteiger partial charge on any atom is 0.197 e. The third-order valence-electron chi connectivity index (χ3n) is 7.70. The molecule has 1 aromatic heterocycles. The van der Waals surface area contributed by atoms with Crippen molar-refractivity contribution in [3.05, 3.63) is 51.7 Å². The lowest BCUT2D eigenvalue weighted by atomic mass is 9.85. The van der Waals surface area contributed by atoms with Crippen LogP contribution in [-0.4, -0.2) is 118 Å². The van der Waals surface area contributed by atoms with Gasteiger partial charge in [-0.25, -0.2) is 0 Å². The van der Waals surface area contributed by atoms with Crippen LogP contribution in [0.25, 0.3) is 22.3 Å². The second kappa shape index (κ2) is 11.4. The van der Waals surface area contributed by atoms with E-state index in [-0.39, 0.29) is 17.1 Å². The summed E-state index contributed by atoms with van der Waals surface area (Å²) in [6, 6.07) is 6.37. The molecule has 0 spiro atoms. The van der Waals surface area contributed by atoms with Gasteiger partial charge in [0.15, 0.2) is 11.0 Å². The van der Waals surface area contributed by atoms with Gasteiger partial charge in [0.2, 0.25) is 0 Å². The second-order valence-corrected chi connectivity index (χ2v) is 10.2. The topological polar surface area (TPSA) is 271 Å². The maximum atomic E-state index is 13.5. The molecule has 42 heavy (non-hydrogen) atoms. The van der Waals surface area contributed by atoms with Crippen LogP contribution in [0.1, 0.15) is 23.3 Å². The summed E-state index contributed by atoms with van der Waals surface area (Å²) in [5, 5.41) is 114. The van der Waals surface area contributed by atoms with Gasteiger partial charge in [-0.2, -0.15) is 0 Å². The molecule has 15 heteroatoms. The molecule has 0 aliphatic carbocycles. The van der Waals surface area contributed by atoms with Gasteiger partial charge in [0, 0.05) is 11.6 Å². The Morgan fingerprint density at radius 2 is 1.14 bits per heavy atom. The standard InChI is InChI=1S/C27H30O15/c28-6-12-17(32)21(36)23(38)26(41-12)15-19(34)14-10(31)5-11(8-1-3-9(30)4-2-8)40-25(14)16(20(15)35)27-24(39)22(37)18(33)13(7-29)42-27/h1-5,12-13,17-18,21-24,26-30,32-39H,6-7H2/t12-,13-,17+,18+,21+,22+,23+,24+,26-,27-/m0/s1. The Kier molecular flexibility index (Phi) is 8.16. The number of phenols is 3. The summed E-state index contributed by atoms with van der Waals surface area (Å²) in [6.45, 7) is -1.70. The van der Waals surface area contributed by atoms with Crippen molar-refractivity contribution >= 4 is 11.0 Å². The number of phenolic OH excluding ortho intramolecular Hbond substituents is 3. The molecule has 5 rings (SSSR count). The van der Waals surface area contributed by atoms with Gasteiger partial charge in [-0.1, -0.05) is 0 Å². The van der Waals surface area contributed by atoms with Crippen molar-refractivity contribution < 1.29 is 70.1 Å². The van der Waals surface area contributed by atoms with Gasteiger partial charge in [0.25, 0.3) is 0 Å². The number of aliphatic hydroxyl groups is 8. The predicted octanol–water partition coefficient (Wildman–Crippen LogP) is -2.39. The summed E-state index contributed by atoms with van der Waals surface area (Å²) in [5.41, 5.74) is -2.48. The van der Waals surface area contributed by atoms with Gasteiger partial charge < -0.3 is 70.1 Å². The molecule has 2 aliphatic rings. The minimum Gasteiger partial charge on any atom is -0.508 e. The summed E-state index contributed by atoms with van der Waals surface area (Å²) in [7, 11) is 0. The second-order valence-electron chi connectivity index (χ2n) is 10.2. The molecule has 0 radical (unpaired) electrons. The molecular formula is C27H30O15. The molecule has 2 fully saturated rings. The zero-order chi connectivity index (χ0) is 30.6. The van der Waals surface area contributed by atoms with Crippen molar-refractivity contribution in [3.8, 4) is 28.6 Å². The zero-order valence-electron chi connectivity index (χ0n) is 21.6. The Balaban J connectivity index is 1.82. The van der Waals surface area contributed by atoms with E-state index in [4.69, 9.17) is 13.9 Å². The number of ether oxygens (including phenoxy) is 2. The SMILES string of the molecule is O=c1cc(-c2ccc(O)cc2)oc2c([C@@H]3O[C@@H](CO)[C@@H](O)[C@@H](O)[C@H]3O)c(O)c([C@@H]3O[C@@H](CO)[C@@H](O)[C@@H](O)[C@H]3O)c(O)c12. The Hall–Kier alpha value is -3.35. The lowest BCUT2D eigenvalue weighted by Crippen LogP contribution is -2.55. The first kappa shape index (κ1) is 30.1. The van der Waals surface area contributed by atoms with Gasteiger partial charge in [-0.15, -0.1) is 0 Å². The molecule has 2 aromatic carbocycles. The summed E-state index contributed by atoms with van der Waals surface area (Å²) < 4.78 is 17.0. The van der Waals surface area contributed by atoms with E-state index in [9.17, 15) is 61.0 Å². The molecule has 10 atom stereocenters. The van der Waals surface area contributed by atoms with Crippen molar-refractivity contribution in [2.24, 2.45) is 0 Å². The van der Waals surface area contributed by atoms with Crippen molar-refractivity contribution in [2.45, 2.75) is 61.0 Å². The zero-order valence-corrected chi connectivity index (χ0v) is 21.6. The maximum absolute atomic E-state index is 13.5. The Morgan fingerprint density at radius 3 is 1.64 bits per heavy atom. The fraction of sp³-hybridized carbons (Fsp3) is 0.444. The van der Waals surface area contributed by atoms with Crippen molar-refractivity contribution in [3.63, 3.8) is 0 Å². The van der Waals surface area contributed by atoms with E-state index in [0.717, 1.165) is 6.07 Å². The summed E-state index contributed by atoms with van der Waals surface area (Å²) in [5.74, 6) is -2.20. The van der Waals surface area contributed by atoms with Gasteiger partial charge in [-0.05, 0) is 24.3 Å². The number of hydrogen-bond acceptors (Lipinski definition) is 15. The van der Waals surface area contributed by atoms with E-state index >= 15 is 0 Å². The molecular weight excluding hydrogens is 564 g/mol. The molecule has 3 heterocycles. The highest BCUT2D eigenvalue weighted by molar-refractivity contribution is 5.92. The van der Waals surface area contributed by atoms with Crippen LogP contribution in [0, 0.1) is 0 Å². The summed E-state index contributed by atoms with van der Waals surface area (Å²) in [4.78, 5) is 13.5. The lowest BCUT2D eigenvalue weighted by molar-refractivity contribution is -0.234. The number of aliphatic hydroxyl groups excluding tert-OH is 8. The first-order valence-corrected chi connectivity index (χ1v) is 12.9. The van der Waals surface area contributed by atoms with Gasteiger partial charge in [-0.3, -0.25) is 4.79 Å². The van der Waals surface area contributed by atoms with Crippen LogP contribution >= 0.6 is 0 Å². The van der Waals surface area contributed by atoms with E-state index in [0.29, 0.717) is 0 Å². The molecule has 2 aliphatic heterocycles. The third-order valence-corrected chi connectivity index (χ3v) is 7.70. The lowest BCUT2D eigenvalue weighted by Gasteiger charge is -2.42. The van der Waals surface area contributed by atoms with Crippen LogP contribution in [0.4, 0.5) is 0 Å². The normalized spacial score (nSPS) is 33.6. The fourth-order valence-corrected chi connectivity index (χ4v) is 5.39. The van der Waals surface area contributed by atoms with Crippen molar-refractivity contribution in [2.75, 3.05) is 13.2 Å². The van der Waals surface area contributed by atoms with E-state index in [1.807, 2.05) is 0 Å². The fourth-order valence-electron chi connectivity index (χ4n) is 5.39. The van der Waals surface area contributed by atoms with Crippen LogP contribution in [-0.2, 0) is 9.47 Å². The van der Waals surface area contributed by atoms with Crippen LogP contribution < -0.4 is 5.43 Å². The van der Waals surface area contributed by atoms with Crippen LogP contribution in [0.15, 0.2) is 39.5 Å². The highest BCUT2D eigenvalue weighted by Crippen LogP contribution is 2.51. The number of hydrogen-bond donors (Lipinski definition) is 11. The molecule has 228 valence electrons. The van der Waals surface area contributed by atoms with Crippen molar-refractivity contribution in [1.82, 2.24) is 0 Å². The van der Waals surface area contributed by atoms with Crippen LogP contribution in [0.3, 0.4) is 0 Å². The largest absolute Gasteiger partial charge is 0.508 e. The minimum atomic E-state index is -2.02. The molecule has 3 aromatic rings. The third kappa shape index (κ3) is 4.79. The molecule has 0 unspecified atom stereocenters. The van der Waals surface area contributed by atoms with E-state index < -0.39 is 113 Å². The van der Waals surface area contributed by atoms with E-state index in [2.05, 4.69) is 0 Å². The highest BCUT2D eigenvalue weighted by atomic mass is 16.6. The van der Waals surface area contributed by atoms with Gasteiger partial charge in [0.1, 0.15) is 89.4 Å². The van der Waals surface area contributed by atoms with Crippen LogP contribution in [0.5, 0.6) is 17.2 Å². The van der Waals surface area contributed by atoms with Gasteiger partial charge in [0.05, 0.1) is 24.3 Å².